The number of halogens is 1. The molecular formula is C19H20BrN3. The van der Waals surface area contributed by atoms with Gasteiger partial charge in [-0.2, -0.15) is 0 Å². The maximum absolute atomic E-state index is 3.66. The Hall–Kier alpha value is -1.78. The van der Waals surface area contributed by atoms with E-state index >= 15 is 0 Å². The second-order valence-corrected chi connectivity index (χ2v) is 7.25. The third-order valence-electron chi connectivity index (χ3n) is 4.66. The van der Waals surface area contributed by atoms with Gasteiger partial charge >= 0.3 is 0 Å². The molecule has 0 fully saturated rings. The molecule has 1 aliphatic heterocycles. The van der Waals surface area contributed by atoms with Gasteiger partial charge in [0.1, 0.15) is 0 Å². The molecule has 1 aliphatic rings. The lowest BCUT2D eigenvalue weighted by Crippen LogP contribution is -2.30. The summed E-state index contributed by atoms with van der Waals surface area (Å²) in [7, 11) is 4.14. The van der Waals surface area contributed by atoms with E-state index in [1.54, 1.807) is 0 Å². The monoisotopic (exact) mass is 369 g/mol. The predicted molar refractivity (Wildman–Crippen MR) is 100 cm³/mol. The van der Waals surface area contributed by atoms with Gasteiger partial charge in [-0.3, -0.25) is 0 Å². The topological polar surface area (TPSA) is 31.1 Å². The van der Waals surface area contributed by atoms with Gasteiger partial charge < -0.3 is 15.2 Å². The van der Waals surface area contributed by atoms with Crippen LogP contribution in [0.2, 0.25) is 0 Å². The van der Waals surface area contributed by atoms with E-state index in [1.165, 1.54) is 33.4 Å². The summed E-state index contributed by atoms with van der Waals surface area (Å²) in [4.78, 5) is 5.76. The van der Waals surface area contributed by atoms with Gasteiger partial charge in [-0.15, -0.1) is 0 Å². The Morgan fingerprint density at radius 2 is 1.87 bits per heavy atom. The fraction of sp³-hybridized carbons (Fsp3) is 0.263. The van der Waals surface area contributed by atoms with Gasteiger partial charge in [0.05, 0.1) is 6.04 Å². The van der Waals surface area contributed by atoms with Crippen molar-refractivity contribution in [3.05, 3.63) is 63.8 Å². The van der Waals surface area contributed by atoms with Crippen LogP contribution in [0.3, 0.4) is 0 Å². The second kappa shape index (κ2) is 5.69. The maximum Gasteiger partial charge on any atom is 0.0732 e. The first-order chi connectivity index (χ1) is 11.1. The molecule has 3 nitrogen and oxygen atoms in total. The SMILES string of the molecule is CN(C)c1ccc(C2NCCc3c2[nH]c2ccc(Br)cc32)cc1. The fourth-order valence-electron chi connectivity index (χ4n) is 3.45. The lowest BCUT2D eigenvalue weighted by molar-refractivity contribution is 0.560. The first kappa shape index (κ1) is 14.8. The van der Waals surface area contributed by atoms with Crippen LogP contribution in [-0.2, 0) is 6.42 Å². The van der Waals surface area contributed by atoms with Gasteiger partial charge in [0.25, 0.3) is 0 Å². The molecule has 0 radical (unpaired) electrons. The number of anilines is 1. The molecule has 1 aromatic heterocycles. The van der Waals surface area contributed by atoms with Crippen LogP contribution in [0.25, 0.3) is 10.9 Å². The number of aromatic amines is 1. The molecule has 4 rings (SSSR count). The summed E-state index contributed by atoms with van der Waals surface area (Å²) in [6.45, 7) is 1.01. The van der Waals surface area contributed by atoms with Crippen molar-refractivity contribution in [3.63, 3.8) is 0 Å². The van der Waals surface area contributed by atoms with Crippen molar-refractivity contribution in [2.24, 2.45) is 0 Å². The zero-order valence-corrected chi connectivity index (χ0v) is 14.9. The highest BCUT2D eigenvalue weighted by Crippen LogP contribution is 2.35. The predicted octanol–water partition coefficient (Wildman–Crippen LogP) is 4.23. The molecule has 0 bridgehead atoms. The molecule has 0 saturated carbocycles. The first-order valence-electron chi connectivity index (χ1n) is 7.94. The van der Waals surface area contributed by atoms with Crippen molar-refractivity contribution < 1.29 is 0 Å². The van der Waals surface area contributed by atoms with E-state index in [1.807, 2.05) is 0 Å². The van der Waals surface area contributed by atoms with E-state index < -0.39 is 0 Å². The lowest BCUT2D eigenvalue weighted by Gasteiger charge is -2.25. The number of benzene rings is 2. The van der Waals surface area contributed by atoms with Crippen molar-refractivity contribution in [1.82, 2.24) is 10.3 Å². The molecular weight excluding hydrogens is 350 g/mol. The highest BCUT2D eigenvalue weighted by Gasteiger charge is 2.25. The van der Waals surface area contributed by atoms with Crippen LogP contribution < -0.4 is 10.2 Å². The van der Waals surface area contributed by atoms with E-state index in [2.05, 4.69) is 87.7 Å². The highest BCUT2D eigenvalue weighted by molar-refractivity contribution is 9.10. The average Bonchev–Trinajstić information content (AvgIpc) is 2.93. The molecule has 3 aromatic rings. The number of rotatable bonds is 2. The highest BCUT2D eigenvalue weighted by atomic mass is 79.9. The van der Waals surface area contributed by atoms with E-state index in [0.717, 1.165) is 17.4 Å². The smallest absolute Gasteiger partial charge is 0.0732 e. The summed E-state index contributed by atoms with van der Waals surface area (Å²) in [6.07, 6.45) is 1.07. The standard InChI is InChI=1S/C19H20BrN3/c1-23(2)14-6-3-12(4-7-14)18-19-15(9-10-21-18)16-11-13(20)5-8-17(16)22-19/h3-8,11,18,21-22H,9-10H2,1-2H3. The van der Waals surface area contributed by atoms with Crippen molar-refractivity contribution >= 4 is 32.5 Å². The Bertz CT molecular complexity index is 849. The van der Waals surface area contributed by atoms with E-state index in [-0.39, 0.29) is 6.04 Å². The van der Waals surface area contributed by atoms with Gasteiger partial charge in [0.2, 0.25) is 0 Å². The molecule has 2 heterocycles. The minimum absolute atomic E-state index is 0.237. The molecule has 1 atom stereocenters. The Morgan fingerprint density at radius 3 is 2.61 bits per heavy atom. The first-order valence-corrected chi connectivity index (χ1v) is 8.73. The van der Waals surface area contributed by atoms with Crippen LogP contribution in [0.4, 0.5) is 5.69 Å². The van der Waals surface area contributed by atoms with Crippen LogP contribution >= 0.6 is 15.9 Å². The molecule has 4 heteroatoms. The third kappa shape index (κ3) is 2.56. The largest absolute Gasteiger partial charge is 0.378 e. The second-order valence-electron chi connectivity index (χ2n) is 6.33. The molecule has 1 unspecified atom stereocenters. The lowest BCUT2D eigenvalue weighted by atomic mass is 9.94. The van der Waals surface area contributed by atoms with Crippen LogP contribution in [-0.4, -0.2) is 25.6 Å². The van der Waals surface area contributed by atoms with Crippen LogP contribution in [0.1, 0.15) is 22.9 Å². The van der Waals surface area contributed by atoms with Gasteiger partial charge in [-0.25, -0.2) is 0 Å². The van der Waals surface area contributed by atoms with Crippen LogP contribution in [0.15, 0.2) is 46.9 Å². The molecule has 118 valence electrons. The van der Waals surface area contributed by atoms with Crippen molar-refractivity contribution in [2.75, 3.05) is 25.5 Å². The molecule has 0 saturated heterocycles. The van der Waals surface area contributed by atoms with E-state index in [4.69, 9.17) is 0 Å². The van der Waals surface area contributed by atoms with Gasteiger partial charge in [0.15, 0.2) is 0 Å². The third-order valence-corrected chi connectivity index (χ3v) is 5.15. The average molecular weight is 370 g/mol. The Morgan fingerprint density at radius 1 is 1.09 bits per heavy atom. The zero-order valence-electron chi connectivity index (χ0n) is 13.4. The molecule has 0 amide bonds. The molecule has 23 heavy (non-hydrogen) atoms. The number of hydrogen-bond acceptors (Lipinski definition) is 2. The van der Waals surface area contributed by atoms with E-state index in [0.29, 0.717) is 0 Å². The van der Waals surface area contributed by atoms with Crippen molar-refractivity contribution in [2.45, 2.75) is 12.5 Å². The molecule has 0 aliphatic carbocycles. The summed E-state index contributed by atoms with van der Waals surface area (Å²) >= 11 is 3.59. The normalized spacial score (nSPS) is 17.3. The summed E-state index contributed by atoms with van der Waals surface area (Å²) in [5.41, 5.74) is 6.51. The number of nitrogens with zero attached hydrogens (tertiary/aromatic N) is 1. The number of fused-ring (bicyclic) bond motifs is 3. The summed E-state index contributed by atoms with van der Waals surface area (Å²) in [6, 6.07) is 15.5. The number of hydrogen-bond donors (Lipinski definition) is 2. The van der Waals surface area contributed by atoms with Crippen molar-refractivity contribution in [3.8, 4) is 0 Å². The van der Waals surface area contributed by atoms with Gasteiger partial charge in [0, 0.05) is 47.4 Å². The summed E-state index contributed by atoms with van der Waals surface area (Å²) < 4.78 is 1.14. The van der Waals surface area contributed by atoms with Crippen molar-refractivity contribution in [1.29, 1.82) is 0 Å². The Labute approximate surface area is 144 Å². The fourth-order valence-corrected chi connectivity index (χ4v) is 3.81. The maximum atomic E-state index is 3.66. The number of aromatic nitrogens is 1. The molecule has 2 N–H and O–H groups in total. The number of H-pyrrole nitrogens is 1. The van der Waals surface area contributed by atoms with Crippen LogP contribution in [0.5, 0.6) is 0 Å². The van der Waals surface area contributed by atoms with Gasteiger partial charge in [-0.05, 0) is 47.9 Å². The Balaban J connectivity index is 1.79. The summed E-state index contributed by atoms with van der Waals surface area (Å²) in [5.74, 6) is 0. The minimum Gasteiger partial charge on any atom is -0.378 e. The molecule has 0 spiro atoms. The quantitative estimate of drug-likeness (QED) is 0.707. The molecule has 2 aromatic carbocycles. The van der Waals surface area contributed by atoms with Crippen LogP contribution in [0, 0.1) is 0 Å². The Kier molecular flexibility index (Phi) is 3.66. The summed E-state index contributed by atoms with van der Waals surface area (Å²) in [5, 5.41) is 5.00. The number of nitrogens with one attached hydrogen (secondary N) is 2. The van der Waals surface area contributed by atoms with Gasteiger partial charge in [-0.1, -0.05) is 28.1 Å². The minimum atomic E-state index is 0.237. The zero-order chi connectivity index (χ0) is 16.0. The van der Waals surface area contributed by atoms with E-state index in [9.17, 15) is 0 Å².